The molecular weight excluding hydrogens is 288 g/mol. The molecule has 23 heavy (non-hydrogen) atoms. The highest BCUT2D eigenvalue weighted by atomic mass is 16.5. The first kappa shape index (κ1) is 16.8. The molecule has 3 heteroatoms. The van der Waals surface area contributed by atoms with Crippen LogP contribution in [-0.4, -0.2) is 13.1 Å². The summed E-state index contributed by atoms with van der Waals surface area (Å²) in [5.41, 5.74) is 2.16. The molecule has 0 spiro atoms. The van der Waals surface area contributed by atoms with Crippen molar-refractivity contribution in [3.8, 4) is 11.5 Å². The fourth-order valence-corrected chi connectivity index (χ4v) is 2.13. The highest BCUT2D eigenvalue weighted by Crippen LogP contribution is 2.21. The number of carbonyl (C=O) groups is 1. The average molecular weight is 310 g/mol. The third-order valence-corrected chi connectivity index (χ3v) is 3.81. The molecule has 3 nitrogen and oxygen atoms in total. The van der Waals surface area contributed by atoms with Gasteiger partial charge in [-0.15, -0.1) is 0 Å². The molecule has 2 aromatic rings. The second kappa shape index (κ2) is 8.18. The molecule has 0 N–H and O–H groups in total. The minimum atomic E-state index is -0.392. The Hall–Kier alpha value is -2.55. The van der Waals surface area contributed by atoms with E-state index in [1.165, 1.54) is 11.6 Å². The van der Waals surface area contributed by atoms with Gasteiger partial charge in [-0.2, -0.15) is 0 Å². The topological polar surface area (TPSA) is 35.5 Å². The normalized spacial score (nSPS) is 12.1. The molecule has 0 aromatic heterocycles. The monoisotopic (exact) mass is 310 g/mol. The maximum atomic E-state index is 11.9. The van der Waals surface area contributed by atoms with Crippen LogP contribution >= 0.6 is 0 Å². The van der Waals surface area contributed by atoms with Gasteiger partial charge in [0.2, 0.25) is 0 Å². The number of ether oxygens (including phenoxy) is 2. The Morgan fingerprint density at radius 3 is 2.22 bits per heavy atom. The van der Waals surface area contributed by atoms with Gasteiger partial charge < -0.3 is 9.47 Å². The Morgan fingerprint density at radius 1 is 1.04 bits per heavy atom. The zero-order valence-electron chi connectivity index (χ0n) is 13.8. The van der Waals surface area contributed by atoms with Gasteiger partial charge in [0.25, 0.3) is 0 Å². The van der Waals surface area contributed by atoms with Crippen LogP contribution in [0.1, 0.15) is 37.3 Å². The van der Waals surface area contributed by atoms with Crippen LogP contribution in [0.5, 0.6) is 11.5 Å². The standard InChI is InChI=1S/C20H22O3/c1-4-15(2)17-8-12-19(13-9-17)23-20(21)14-7-16-5-10-18(22-3)11-6-16/h5-15H,4H2,1-3H3. The van der Waals surface area contributed by atoms with E-state index >= 15 is 0 Å². The number of carbonyl (C=O) groups excluding carboxylic acids is 1. The van der Waals surface area contributed by atoms with Crippen molar-refractivity contribution in [3.63, 3.8) is 0 Å². The zero-order valence-corrected chi connectivity index (χ0v) is 13.8. The Labute approximate surface area is 137 Å². The third kappa shape index (κ3) is 4.99. The van der Waals surface area contributed by atoms with E-state index in [-0.39, 0.29) is 0 Å². The lowest BCUT2D eigenvalue weighted by Crippen LogP contribution is -2.03. The highest BCUT2D eigenvalue weighted by molar-refractivity contribution is 5.88. The lowest BCUT2D eigenvalue weighted by atomic mass is 9.99. The van der Waals surface area contributed by atoms with Crippen LogP contribution in [0.4, 0.5) is 0 Å². The van der Waals surface area contributed by atoms with Crippen molar-refractivity contribution in [3.05, 3.63) is 65.7 Å². The molecule has 120 valence electrons. The van der Waals surface area contributed by atoms with Crippen molar-refractivity contribution >= 4 is 12.0 Å². The average Bonchev–Trinajstić information content (AvgIpc) is 2.60. The van der Waals surface area contributed by atoms with E-state index in [2.05, 4.69) is 13.8 Å². The fraction of sp³-hybridized carbons (Fsp3) is 0.250. The quantitative estimate of drug-likeness (QED) is 0.435. The first-order valence-electron chi connectivity index (χ1n) is 7.76. The van der Waals surface area contributed by atoms with E-state index in [9.17, 15) is 4.79 Å². The van der Waals surface area contributed by atoms with Gasteiger partial charge in [-0.3, -0.25) is 0 Å². The van der Waals surface area contributed by atoms with Crippen molar-refractivity contribution in [1.29, 1.82) is 0 Å². The van der Waals surface area contributed by atoms with Gasteiger partial charge in [0.1, 0.15) is 11.5 Å². The number of esters is 1. The maximum Gasteiger partial charge on any atom is 0.336 e. The summed E-state index contributed by atoms with van der Waals surface area (Å²) in [6, 6.07) is 15.1. The van der Waals surface area contributed by atoms with Gasteiger partial charge in [-0.1, -0.05) is 38.1 Å². The zero-order chi connectivity index (χ0) is 16.7. The van der Waals surface area contributed by atoms with E-state index < -0.39 is 5.97 Å². The molecular formula is C20H22O3. The summed E-state index contributed by atoms with van der Waals surface area (Å²) in [6.45, 7) is 4.33. The van der Waals surface area contributed by atoms with Crippen molar-refractivity contribution in [2.45, 2.75) is 26.2 Å². The van der Waals surface area contributed by atoms with E-state index in [4.69, 9.17) is 9.47 Å². The second-order valence-electron chi connectivity index (χ2n) is 5.41. The molecule has 0 aliphatic heterocycles. The predicted octanol–water partition coefficient (Wildman–Crippen LogP) is 4.83. The van der Waals surface area contributed by atoms with Crippen molar-refractivity contribution in [1.82, 2.24) is 0 Å². The van der Waals surface area contributed by atoms with Gasteiger partial charge in [0.15, 0.2) is 0 Å². The molecule has 0 fully saturated rings. The Morgan fingerprint density at radius 2 is 1.65 bits per heavy atom. The molecule has 0 aliphatic rings. The van der Waals surface area contributed by atoms with Crippen LogP contribution in [0.25, 0.3) is 6.08 Å². The smallest absolute Gasteiger partial charge is 0.336 e. The highest BCUT2D eigenvalue weighted by Gasteiger charge is 2.04. The summed E-state index contributed by atoms with van der Waals surface area (Å²) < 4.78 is 10.4. The molecule has 0 heterocycles. The van der Waals surface area contributed by atoms with Gasteiger partial charge >= 0.3 is 5.97 Å². The van der Waals surface area contributed by atoms with Crippen molar-refractivity contribution in [2.75, 3.05) is 7.11 Å². The summed E-state index contributed by atoms with van der Waals surface area (Å²) in [4.78, 5) is 11.9. The SMILES string of the molecule is CCC(C)c1ccc(OC(=O)C=Cc2ccc(OC)cc2)cc1. The molecule has 0 amide bonds. The molecule has 1 atom stereocenters. The molecule has 0 saturated heterocycles. The Kier molecular flexibility index (Phi) is 5.98. The summed E-state index contributed by atoms with van der Waals surface area (Å²) in [5, 5.41) is 0. The van der Waals surface area contributed by atoms with Crippen LogP contribution in [0.3, 0.4) is 0 Å². The number of hydrogen-bond donors (Lipinski definition) is 0. The summed E-state index contributed by atoms with van der Waals surface area (Å²) in [7, 11) is 1.62. The molecule has 2 rings (SSSR count). The predicted molar refractivity (Wildman–Crippen MR) is 92.8 cm³/mol. The molecule has 1 unspecified atom stereocenters. The maximum absolute atomic E-state index is 11.9. The summed E-state index contributed by atoms with van der Waals surface area (Å²) in [5.74, 6) is 1.46. The molecule has 0 saturated carbocycles. The first-order valence-corrected chi connectivity index (χ1v) is 7.76. The molecule has 0 bridgehead atoms. The van der Waals surface area contributed by atoms with E-state index in [1.807, 2.05) is 48.5 Å². The van der Waals surface area contributed by atoms with Gasteiger partial charge in [0, 0.05) is 6.08 Å². The van der Waals surface area contributed by atoms with Crippen LogP contribution in [0.15, 0.2) is 54.6 Å². The second-order valence-corrected chi connectivity index (χ2v) is 5.41. The number of hydrogen-bond acceptors (Lipinski definition) is 3. The van der Waals surface area contributed by atoms with Crippen LogP contribution < -0.4 is 9.47 Å². The molecule has 0 radical (unpaired) electrons. The van der Waals surface area contributed by atoms with Crippen molar-refractivity contribution in [2.24, 2.45) is 0 Å². The molecule has 2 aromatic carbocycles. The lowest BCUT2D eigenvalue weighted by Gasteiger charge is -2.09. The van der Waals surface area contributed by atoms with Crippen LogP contribution in [0.2, 0.25) is 0 Å². The lowest BCUT2D eigenvalue weighted by molar-refractivity contribution is -0.128. The van der Waals surface area contributed by atoms with Gasteiger partial charge in [-0.05, 0) is 53.8 Å². The van der Waals surface area contributed by atoms with E-state index in [0.29, 0.717) is 11.7 Å². The summed E-state index contributed by atoms with van der Waals surface area (Å²) in [6.07, 6.45) is 4.23. The van der Waals surface area contributed by atoms with E-state index in [0.717, 1.165) is 17.7 Å². The van der Waals surface area contributed by atoms with Crippen LogP contribution in [0, 0.1) is 0 Å². The first-order chi connectivity index (χ1) is 11.1. The van der Waals surface area contributed by atoms with Gasteiger partial charge in [0.05, 0.1) is 7.11 Å². The Balaban J connectivity index is 1.94. The third-order valence-electron chi connectivity index (χ3n) is 3.81. The minimum absolute atomic E-state index is 0.392. The minimum Gasteiger partial charge on any atom is -0.497 e. The van der Waals surface area contributed by atoms with Crippen LogP contribution in [-0.2, 0) is 4.79 Å². The molecule has 0 aliphatic carbocycles. The largest absolute Gasteiger partial charge is 0.497 e. The van der Waals surface area contributed by atoms with E-state index in [1.54, 1.807) is 13.2 Å². The van der Waals surface area contributed by atoms with Crippen molar-refractivity contribution < 1.29 is 14.3 Å². The summed E-state index contributed by atoms with van der Waals surface area (Å²) >= 11 is 0. The number of methoxy groups -OCH3 is 1. The number of rotatable bonds is 6. The Bertz CT molecular complexity index is 654. The van der Waals surface area contributed by atoms with Gasteiger partial charge in [-0.25, -0.2) is 4.79 Å². The fourth-order valence-electron chi connectivity index (χ4n) is 2.13. The number of benzene rings is 2.